The molecule has 32 heavy (non-hydrogen) atoms. The van der Waals surface area contributed by atoms with E-state index in [1.54, 1.807) is 13.1 Å². The summed E-state index contributed by atoms with van der Waals surface area (Å²) in [5.41, 5.74) is 2.44. The SMILES string of the molecule is CCN1CCN(c2ccc(F)cc2C(C)NC(=O)c2cc(=O)n(C)c3ccccc23)CC1. The van der Waals surface area contributed by atoms with Gasteiger partial charge in [0.05, 0.1) is 17.1 Å². The molecule has 0 aliphatic carbocycles. The van der Waals surface area contributed by atoms with E-state index in [1.165, 1.54) is 22.8 Å². The number of hydrogen-bond donors (Lipinski definition) is 1. The smallest absolute Gasteiger partial charge is 0.252 e. The number of hydrogen-bond acceptors (Lipinski definition) is 4. The third kappa shape index (κ3) is 4.25. The van der Waals surface area contributed by atoms with E-state index in [1.807, 2.05) is 31.2 Å². The first-order valence-electron chi connectivity index (χ1n) is 11.1. The zero-order chi connectivity index (χ0) is 22.8. The highest BCUT2D eigenvalue weighted by molar-refractivity contribution is 6.06. The fourth-order valence-electron chi connectivity index (χ4n) is 4.42. The Morgan fingerprint density at radius 1 is 1.09 bits per heavy atom. The molecule has 0 radical (unpaired) electrons. The van der Waals surface area contributed by atoms with Crippen molar-refractivity contribution in [3.63, 3.8) is 0 Å². The number of aryl methyl sites for hydroxylation is 1. The molecule has 2 heterocycles. The minimum atomic E-state index is -0.430. The molecule has 168 valence electrons. The fraction of sp³-hybridized carbons (Fsp3) is 0.360. The van der Waals surface area contributed by atoms with Crippen LogP contribution in [0.25, 0.3) is 10.9 Å². The van der Waals surface area contributed by atoms with Crippen LogP contribution >= 0.6 is 0 Å². The lowest BCUT2D eigenvalue weighted by atomic mass is 10.0. The number of likely N-dealkylation sites (N-methyl/N-ethyl adjacent to an activating group) is 1. The zero-order valence-corrected chi connectivity index (χ0v) is 18.8. The second-order valence-corrected chi connectivity index (χ2v) is 8.29. The molecule has 4 rings (SSSR count). The quantitative estimate of drug-likeness (QED) is 0.667. The summed E-state index contributed by atoms with van der Waals surface area (Å²) in [4.78, 5) is 30.2. The predicted octanol–water partition coefficient (Wildman–Crippen LogP) is 3.31. The summed E-state index contributed by atoms with van der Waals surface area (Å²) in [6.07, 6.45) is 0. The minimum Gasteiger partial charge on any atom is -0.369 e. The van der Waals surface area contributed by atoms with Crippen molar-refractivity contribution in [2.45, 2.75) is 19.9 Å². The molecule has 1 unspecified atom stereocenters. The van der Waals surface area contributed by atoms with Crippen LogP contribution in [0, 0.1) is 5.82 Å². The van der Waals surface area contributed by atoms with E-state index in [2.05, 4.69) is 22.0 Å². The summed E-state index contributed by atoms with van der Waals surface area (Å²) < 4.78 is 15.7. The topological polar surface area (TPSA) is 57.6 Å². The minimum absolute atomic E-state index is 0.248. The zero-order valence-electron chi connectivity index (χ0n) is 18.8. The van der Waals surface area contributed by atoms with Crippen molar-refractivity contribution >= 4 is 22.5 Å². The first-order chi connectivity index (χ1) is 15.4. The van der Waals surface area contributed by atoms with Gasteiger partial charge in [-0.15, -0.1) is 0 Å². The van der Waals surface area contributed by atoms with Gasteiger partial charge in [0.15, 0.2) is 0 Å². The molecular weight excluding hydrogens is 407 g/mol. The second kappa shape index (κ2) is 9.12. The number of pyridine rings is 1. The Morgan fingerprint density at radius 3 is 2.53 bits per heavy atom. The van der Waals surface area contributed by atoms with Gasteiger partial charge in [0.25, 0.3) is 11.5 Å². The normalized spacial score (nSPS) is 15.7. The van der Waals surface area contributed by atoms with Crippen LogP contribution in [0.5, 0.6) is 0 Å². The number of benzene rings is 2. The Bertz CT molecular complexity index is 1200. The summed E-state index contributed by atoms with van der Waals surface area (Å²) in [6.45, 7) is 8.62. The molecule has 1 fully saturated rings. The highest BCUT2D eigenvalue weighted by atomic mass is 19.1. The molecular formula is C25H29FN4O2. The van der Waals surface area contributed by atoms with E-state index in [0.29, 0.717) is 16.5 Å². The van der Waals surface area contributed by atoms with Crippen molar-refractivity contribution in [3.05, 3.63) is 75.8 Å². The van der Waals surface area contributed by atoms with Crippen LogP contribution in [0.2, 0.25) is 0 Å². The number of anilines is 1. The van der Waals surface area contributed by atoms with E-state index < -0.39 is 6.04 Å². The second-order valence-electron chi connectivity index (χ2n) is 8.29. The Kier molecular flexibility index (Phi) is 6.28. The van der Waals surface area contributed by atoms with Crippen molar-refractivity contribution in [1.29, 1.82) is 0 Å². The Balaban J connectivity index is 1.63. The molecule has 3 aromatic rings. The fourth-order valence-corrected chi connectivity index (χ4v) is 4.42. The monoisotopic (exact) mass is 436 g/mol. The molecule has 6 nitrogen and oxygen atoms in total. The van der Waals surface area contributed by atoms with Crippen LogP contribution in [0.4, 0.5) is 10.1 Å². The average Bonchev–Trinajstić information content (AvgIpc) is 2.81. The van der Waals surface area contributed by atoms with Gasteiger partial charge in [-0.05, 0) is 37.7 Å². The number of carbonyl (C=O) groups excluding carboxylic acids is 1. The number of fused-ring (bicyclic) bond motifs is 1. The predicted molar refractivity (Wildman–Crippen MR) is 126 cm³/mol. The molecule has 1 aromatic heterocycles. The van der Waals surface area contributed by atoms with E-state index in [-0.39, 0.29) is 17.3 Å². The highest BCUT2D eigenvalue weighted by Gasteiger charge is 2.23. The Hall–Kier alpha value is -3.19. The van der Waals surface area contributed by atoms with Crippen LogP contribution in [0.15, 0.2) is 53.3 Å². The molecule has 1 aliphatic rings. The van der Waals surface area contributed by atoms with Gasteiger partial charge in [-0.25, -0.2) is 4.39 Å². The van der Waals surface area contributed by atoms with Gasteiger partial charge in [-0.2, -0.15) is 0 Å². The van der Waals surface area contributed by atoms with Gasteiger partial charge >= 0.3 is 0 Å². The number of rotatable bonds is 5. The first-order valence-corrected chi connectivity index (χ1v) is 11.1. The van der Waals surface area contributed by atoms with Crippen LogP contribution < -0.4 is 15.8 Å². The summed E-state index contributed by atoms with van der Waals surface area (Å²) in [5, 5.41) is 3.69. The van der Waals surface area contributed by atoms with E-state index in [4.69, 9.17) is 0 Å². The standard InChI is InChI=1S/C25H29FN4O2/c1-4-29-11-13-30(14-12-29)23-10-9-18(26)15-20(23)17(2)27-25(32)21-16-24(31)28(3)22-8-6-5-7-19(21)22/h5-10,15-17H,4,11-14H2,1-3H3,(H,27,32). The molecule has 7 heteroatoms. The maximum Gasteiger partial charge on any atom is 0.252 e. The molecule has 0 saturated carbocycles. The molecule has 1 N–H and O–H groups in total. The molecule has 1 amide bonds. The van der Waals surface area contributed by atoms with E-state index >= 15 is 0 Å². The van der Waals surface area contributed by atoms with Gasteiger partial charge in [-0.3, -0.25) is 9.59 Å². The number of para-hydroxylation sites is 1. The third-order valence-corrected chi connectivity index (χ3v) is 6.36. The number of halogens is 1. The lowest BCUT2D eigenvalue weighted by molar-refractivity contribution is 0.0941. The lowest BCUT2D eigenvalue weighted by Crippen LogP contribution is -2.46. The van der Waals surface area contributed by atoms with E-state index in [9.17, 15) is 14.0 Å². The van der Waals surface area contributed by atoms with Gasteiger partial charge in [0, 0.05) is 55.9 Å². The van der Waals surface area contributed by atoms with Crippen molar-refractivity contribution in [2.24, 2.45) is 7.05 Å². The van der Waals surface area contributed by atoms with Gasteiger partial charge < -0.3 is 19.7 Å². The number of amides is 1. The maximum atomic E-state index is 14.2. The molecule has 1 saturated heterocycles. The summed E-state index contributed by atoms with van der Waals surface area (Å²) in [7, 11) is 1.69. The summed E-state index contributed by atoms with van der Waals surface area (Å²) in [5.74, 6) is -0.687. The average molecular weight is 437 g/mol. The van der Waals surface area contributed by atoms with Gasteiger partial charge in [0.1, 0.15) is 5.82 Å². The number of carbonyl (C=O) groups is 1. The van der Waals surface area contributed by atoms with Crippen LogP contribution in [-0.2, 0) is 7.05 Å². The lowest BCUT2D eigenvalue weighted by Gasteiger charge is -2.37. The van der Waals surface area contributed by atoms with E-state index in [0.717, 1.165) is 44.0 Å². The van der Waals surface area contributed by atoms with Crippen LogP contribution in [0.3, 0.4) is 0 Å². The molecule has 0 spiro atoms. The molecule has 2 aromatic carbocycles. The van der Waals surface area contributed by atoms with Crippen LogP contribution in [-0.4, -0.2) is 48.1 Å². The Labute approximate surface area is 187 Å². The largest absolute Gasteiger partial charge is 0.369 e. The van der Waals surface area contributed by atoms with Crippen molar-refractivity contribution in [3.8, 4) is 0 Å². The van der Waals surface area contributed by atoms with Gasteiger partial charge in [-0.1, -0.05) is 25.1 Å². The van der Waals surface area contributed by atoms with Crippen molar-refractivity contribution < 1.29 is 9.18 Å². The summed E-state index contributed by atoms with van der Waals surface area (Å²) in [6, 6.07) is 13.0. The molecule has 1 aliphatic heterocycles. The molecule has 1 atom stereocenters. The number of nitrogens with zero attached hydrogens (tertiary/aromatic N) is 3. The summed E-state index contributed by atoms with van der Waals surface area (Å²) >= 11 is 0. The first kappa shape index (κ1) is 22.0. The highest BCUT2D eigenvalue weighted by Crippen LogP contribution is 2.29. The van der Waals surface area contributed by atoms with Gasteiger partial charge in [0.2, 0.25) is 0 Å². The Morgan fingerprint density at radius 2 is 1.81 bits per heavy atom. The maximum absolute atomic E-state index is 14.2. The number of aromatic nitrogens is 1. The number of piperazine rings is 1. The van der Waals surface area contributed by atoms with Crippen LogP contribution in [0.1, 0.15) is 35.8 Å². The third-order valence-electron chi connectivity index (χ3n) is 6.36. The number of nitrogens with one attached hydrogen (secondary N) is 1. The van der Waals surface area contributed by atoms with Crippen molar-refractivity contribution in [2.75, 3.05) is 37.6 Å². The molecule has 0 bridgehead atoms. The van der Waals surface area contributed by atoms with Crippen molar-refractivity contribution in [1.82, 2.24) is 14.8 Å².